The van der Waals surface area contributed by atoms with Crippen molar-refractivity contribution in [2.75, 3.05) is 18.0 Å². The van der Waals surface area contributed by atoms with Crippen LogP contribution in [0.2, 0.25) is 5.02 Å². The minimum atomic E-state index is 0.425. The average molecular weight is 271 g/mol. The van der Waals surface area contributed by atoms with Crippen LogP contribution in [0.3, 0.4) is 0 Å². The van der Waals surface area contributed by atoms with Crippen LogP contribution in [-0.2, 0) is 0 Å². The third-order valence-corrected chi connectivity index (χ3v) is 3.01. The third kappa shape index (κ3) is 3.86. The summed E-state index contributed by atoms with van der Waals surface area (Å²) in [6, 6.07) is 5.68. The van der Waals surface area contributed by atoms with Gasteiger partial charge in [-0.2, -0.15) is 0 Å². The van der Waals surface area contributed by atoms with Crippen molar-refractivity contribution in [3.05, 3.63) is 28.8 Å². The van der Waals surface area contributed by atoms with Crippen molar-refractivity contribution in [3.63, 3.8) is 0 Å². The monoisotopic (exact) mass is 270 g/mol. The second-order valence-electron chi connectivity index (χ2n) is 4.01. The lowest BCUT2D eigenvalue weighted by molar-refractivity contribution is 0.744. The quantitative estimate of drug-likeness (QED) is 0.801. The summed E-state index contributed by atoms with van der Waals surface area (Å²) in [5.74, 6) is 0. The summed E-state index contributed by atoms with van der Waals surface area (Å²) in [5, 5.41) is 0.720. The van der Waals surface area contributed by atoms with Crippen LogP contribution in [0.1, 0.15) is 32.3 Å². The van der Waals surface area contributed by atoms with Crippen LogP contribution in [0.15, 0.2) is 18.2 Å². The topological polar surface area (TPSA) is 29.3 Å². The van der Waals surface area contributed by atoms with E-state index in [0.717, 1.165) is 42.2 Å². The van der Waals surface area contributed by atoms with Crippen molar-refractivity contribution < 1.29 is 0 Å². The molecule has 94 valence electrons. The molecule has 0 saturated heterocycles. The van der Waals surface area contributed by atoms with E-state index in [2.05, 4.69) is 18.7 Å². The fourth-order valence-electron chi connectivity index (χ4n) is 1.87. The second kappa shape index (κ2) is 6.82. The van der Waals surface area contributed by atoms with E-state index in [4.69, 9.17) is 29.6 Å². The summed E-state index contributed by atoms with van der Waals surface area (Å²) in [4.78, 5) is 2.72. The molecule has 0 aromatic heterocycles. The van der Waals surface area contributed by atoms with Crippen molar-refractivity contribution in [1.29, 1.82) is 0 Å². The molecule has 0 fully saturated rings. The summed E-state index contributed by atoms with van der Waals surface area (Å²) in [7, 11) is 0. The van der Waals surface area contributed by atoms with Gasteiger partial charge in [0.1, 0.15) is 4.99 Å². The number of hydrogen-bond acceptors (Lipinski definition) is 2. The molecule has 17 heavy (non-hydrogen) atoms. The highest BCUT2D eigenvalue weighted by Gasteiger charge is 2.12. The summed E-state index contributed by atoms with van der Waals surface area (Å²) in [6.07, 6.45) is 2.17. The number of nitrogens with two attached hydrogens (primary N) is 1. The van der Waals surface area contributed by atoms with Crippen LogP contribution < -0.4 is 10.6 Å². The summed E-state index contributed by atoms with van der Waals surface area (Å²) < 4.78 is 0. The summed E-state index contributed by atoms with van der Waals surface area (Å²) >= 11 is 11.1. The normalized spacial score (nSPS) is 10.3. The van der Waals surface area contributed by atoms with Gasteiger partial charge in [-0.1, -0.05) is 37.7 Å². The molecule has 0 unspecified atom stereocenters. The molecule has 1 aromatic rings. The SMILES string of the molecule is CCCN(CCC)c1cc(Cl)ccc1C(N)=S. The Hall–Kier alpha value is -0.800. The molecule has 2 nitrogen and oxygen atoms in total. The van der Waals surface area contributed by atoms with Crippen LogP contribution in [0.4, 0.5) is 5.69 Å². The van der Waals surface area contributed by atoms with Gasteiger partial charge in [-0.15, -0.1) is 0 Å². The Morgan fingerprint density at radius 3 is 2.35 bits per heavy atom. The molecule has 0 saturated carbocycles. The molecule has 0 bridgehead atoms. The predicted octanol–water partition coefficient (Wildman–Crippen LogP) is 3.60. The first-order valence-electron chi connectivity index (χ1n) is 5.94. The van der Waals surface area contributed by atoms with E-state index >= 15 is 0 Å². The van der Waals surface area contributed by atoms with Crippen molar-refractivity contribution in [3.8, 4) is 0 Å². The van der Waals surface area contributed by atoms with Crippen LogP contribution >= 0.6 is 23.8 Å². The highest BCUT2D eigenvalue weighted by atomic mass is 35.5. The maximum atomic E-state index is 6.06. The molecule has 0 amide bonds. The van der Waals surface area contributed by atoms with Crippen molar-refractivity contribution in [2.45, 2.75) is 26.7 Å². The molecule has 2 N–H and O–H groups in total. The van der Waals surface area contributed by atoms with E-state index in [0.29, 0.717) is 4.99 Å². The van der Waals surface area contributed by atoms with E-state index in [1.807, 2.05) is 18.2 Å². The zero-order chi connectivity index (χ0) is 12.8. The number of benzene rings is 1. The average Bonchev–Trinajstić information content (AvgIpc) is 2.28. The lowest BCUT2D eigenvalue weighted by Gasteiger charge is -2.26. The number of thiocarbonyl (C=S) groups is 1. The highest BCUT2D eigenvalue weighted by Crippen LogP contribution is 2.25. The van der Waals surface area contributed by atoms with Crippen LogP contribution in [0.25, 0.3) is 0 Å². The van der Waals surface area contributed by atoms with E-state index in [9.17, 15) is 0 Å². The molecule has 0 aliphatic heterocycles. The zero-order valence-electron chi connectivity index (χ0n) is 10.4. The standard InChI is InChI=1S/C13H19ClN2S/c1-3-7-16(8-4-2)12-9-10(14)5-6-11(12)13(15)17/h5-6,9H,3-4,7-8H2,1-2H3,(H2,15,17). The van der Waals surface area contributed by atoms with Crippen molar-refractivity contribution in [2.24, 2.45) is 5.73 Å². The van der Waals surface area contributed by atoms with Gasteiger partial charge in [0.2, 0.25) is 0 Å². The van der Waals surface area contributed by atoms with Gasteiger partial charge in [-0.3, -0.25) is 0 Å². The molecule has 0 aliphatic carbocycles. The maximum Gasteiger partial charge on any atom is 0.106 e. The second-order valence-corrected chi connectivity index (χ2v) is 4.89. The molecule has 0 aliphatic rings. The van der Waals surface area contributed by atoms with Gasteiger partial charge in [0.05, 0.1) is 0 Å². The van der Waals surface area contributed by atoms with Crippen LogP contribution in [0.5, 0.6) is 0 Å². The molecule has 1 aromatic carbocycles. The molecule has 0 radical (unpaired) electrons. The Morgan fingerprint density at radius 1 is 1.29 bits per heavy atom. The van der Waals surface area contributed by atoms with Gasteiger partial charge in [-0.25, -0.2) is 0 Å². The first kappa shape index (κ1) is 14.3. The molecular weight excluding hydrogens is 252 g/mol. The summed E-state index contributed by atoms with van der Waals surface area (Å²) in [6.45, 7) is 6.30. The molecular formula is C13H19ClN2S. The molecule has 1 rings (SSSR count). The number of halogens is 1. The van der Waals surface area contributed by atoms with Crippen molar-refractivity contribution in [1.82, 2.24) is 0 Å². The minimum Gasteiger partial charge on any atom is -0.389 e. The molecule has 0 spiro atoms. The first-order valence-corrected chi connectivity index (χ1v) is 6.73. The largest absolute Gasteiger partial charge is 0.389 e. The Kier molecular flexibility index (Phi) is 5.72. The first-order chi connectivity index (χ1) is 8.10. The van der Waals surface area contributed by atoms with Gasteiger partial charge in [0.25, 0.3) is 0 Å². The number of hydrogen-bond donors (Lipinski definition) is 1. The molecule has 0 heterocycles. The molecule has 0 atom stereocenters. The number of rotatable bonds is 6. The van der Waals surface area contributed by atoms with Gasteiger partial charge in [-0.05, 0) is 31.0 Å². The molecule has 4 heteroatoms. The van der Waals surface area contributed by atoms with Crippen LogP contribution in [0, 0.1) is 0 Å². The smallest absolute Gasteiger partial charge is 0.106 e. The van der Waals surface area contributed by atoms with Crippen molar-refractivity contribution >= 4 is 34.5 Å². The maximum absolute atomic E-state index is 6.06. The van der Waals surface area contributed by atoms with Gasteiger partial charge >= 0.3 is 0 Å². The number of nitrogens with zero attached hydrogens (tertiary/aromatic N) is 1. The highest BCUT2D eigenvalue weighted by molar-refractivity contribution is 7.80. The van der Waals surface area contributed by atoms with Gasteiger partial charge in [0, 0.05) is 29.4 Å². The third-order valence-electron chi connectivity index (χ3n) is 2.55. The Labute approximate surface area is 114 Å². The fraction of sp³-hybridized carbons (Fsp3) is 0.462. The van der Waals surface area contributed by atoms with Gasteiger partial charge in [0.15, 0.2) is 0 Å². The zero-order valence-corrected chi connectivity index (χ0v) is 11.9. The van der Waals surface area contributed by atoms with Gasteiger partial charge < -0.3 is 10.6 Å². The predicted molar refractivity (Wildman–Crippen MR) is 80.1 cm³/mol. The minimum absolute atomic E-state index is 0.425. The Bertz CT molecular complexity index is 387. The lowest BCUT2D eigenvalue weighted by atomic mass is 10.1. The van der Waals surface area contributed by atoms with E-state index < -0.39 is 0 Å². The Balaban J connectivity index is 3.14. The Morgan fingerprint density at radius 2 is 1.88 bits per heavy atom. The lowest BCUT2D eigenvalue weighted by Crippen LogP contribution is -2.27. The van der Waals surface area contributed by atoms with E-state index in [1.54, 1.807) is 0 Å². The summed E-state index contributed by atoms with van der Waals surface area (Å²) in [5.41, 5.74) is 7.71. The fourth-order valence-corrected chi connectivity index (χ4v) is 2.21. The van der Waals surface area contributed by atoms with Crippen LogP contribution in [-0.4, -0.2) is 18.1 Å². The van der Waals surface area contributed by atoms with E-state index in [1.165, 1.54) is 0 Å². The van der Waals surface area contributed by atoms with E-state index in [-0.39, 0.29) is 0 Å². The number of anilines is 1.